The average molecular weight is 284 g/mol. The van der Waals surface area contributed by atoms with Gasteiger partial charge in [-0.05, 0) is 45.8 Å². The van der Waals surface area contributed by atoms with Crippen LogP contribution in [0, 0.1) is 0 Å². The van der Waals surface area contributed by atoms with Crippen LogP contribution in [-0.2, 0) is 9.59 Å². The quantitative estimate of drug-likeness (QED) is 0.800. The van der Waals surface area contributed by atoms with E-state index < -0.39 is 0 Å². The zero-order valence-electron chi connectivity index (χ0n) is 12.0. The first-order valence-electron chi connectivity index (χ1n) is 7.17. The van der Waals surface area contributed by atoms with E-state index in [1.54, 1.807) is 0 Å². The van der Waals surface area contributed by atoms with Crippen LogP contribution in [0.1, 0.15) is 46.0 Å². The number of thioether (sulfide) groups is 1. The lowest BCUT2D eigenvalue weighted by Gasteiger charge is -2.30. The fraction of sp³-hybridized carbons (Fsp3) is 0.857. The second-order valence-electron chi connectivity index (χ2n) is 5.83. The molecular formula is C14H24N2O2S. The summed E-state index contributed by atoms with van der Waals surface area (Å²) in [6, 6.07) is 0.0852. The maximum Gasteiger partial charge on any atom is 0.247 e. The van der Waals surface area contributed by atoms with Crippen molar-refractivity contribution in [1.82, 2.24) is 10.2 Å². The Kier molecular flexibility index (Phi) is 4.90. The van der Waals surface area contributed by atoms with E-state index in [2.05, 4.69) is 11.6 Å². The van der Waals surface area contributed by atoms with Crippen molar-refractivity contribution in [2.75, 3.05) is 6.26 Å². The monoisotopic (exact) mass is 284 g/mol. The van der Waals surface area contributed by atoms with E-state index in [4.69, 9.17) is 0 Å². The molecule has 108 valence electrons. The normalized spacial score (nSPS) is 32.4. The van der Waals surface area contributed by atoms with Crippen molar-refractivity contribution in [3.05, 3.63) is 0 Å². The number of nitrogens with one attached hydrogen (secondary N) is 1. The molecule has 0 aromatic rings. The molecule has 0 spiro atoms. The molecule has 0 aromatic carbocycles. The van der Waals surface area contributed by atoms with Crippen LogP contribution in [0.15, 0.2) is 0 Å². The number of carbonyl (C=O) groups is 2. The number of hydrogen-bond donors (Lipinski definition) is 1. The third-order valence-electron chi connectivity index (χ3n) is 4.14. The van der Waals surface area contributed by atoms with E-state index in [-0.39, 0.29) is 23.9 Å². The Morgan fingerprint density at radius 1 is 1.21 bits per heavy atom. The summed E-state index contributed by atoms with van der Waals surface area (Å²) in [5, 5.41) is 4.18. The van der Waals surface area contributed by atoms with Gasteiger partial charge in [-0.25, -0.2) is 0 Å². The van der Waals surface area contributed by atoms with Crippen molar-refractivity contribution in [2.45, 2.75) is 69.3 Å². The minimum atomic E-state index is -0.286. The van der Waals surface area contributed by atoms with Gasteiger partial charge >= 0.3 is 0 Å². The van der Waals surface area contributed by atoms with Crippen molar-refractivity contribution in [3.8, 4) is 0 Å². The maximum absolute atomic E-state index is 12.2. The molecule has 1 aliphatic carbocycles. The van der Waals surface area contributed by atoms with E-state index >= 15 is 0 Å². The molecule has 1 heterocycles. The van der Waals surface area contributed by atoms with E-state index in [1.165, 1.54) is 17.7 Å². The van der Waals surface area contributed by atoms with Gasteiger partial charge in [0, 0.05) is 17.3 Å². The molecule has 5 heteroatoms. The smallest absolute Gasteiger partial charge is 0.247 e. The fourth-order valence-electron chi connectivity index (χ4n) is 3.07. The van der Waals surface area contributed by atoms with Crippen LogP contribution >= 0.6 is 11.8 Å². The van der Waals surface area contributed by atoms with Crippen LogP contribution in [0.25, 0.3) is 0 Å². The minimum Gasteiger partial charge on any atom is -0.303 e. The van der Waals surface area contributed by atoms with Crippen LogP contribution in [-0.4, -0.2) is 46.3 Å². The molecule has 2 fully saturated rings. The number of hydrogen-bond acceptors (Lipinski definition) is 4. The lowest BCUT2D eigenvalue weighted by molar-refractivity contribution is -0.140. The van der Waals surface area contributed by atoms with Crippen molar-refractivity contribution in [3.63, 3.8) is 0 Å². The summed E-state index contributed by atoms with van der Waals surface area (Å²) in [6.07, 6.45) is 7.15. The highest BCUT2D eigenvalue weighted by Gasteiger charge is 2.40. The van der Waals surface area contributed by atoms with Gasteiger partial charge in [-0.15, -0.1) is 0 Å². The average Bonchev–Trinajstić information content (AvgIpc) is 2.65. The molecule has 1 unspecified atom stereocenters. The first-order valence-corrected chi connectivity index (χ1v) is 8.46. The number of nitrogens with zero attached hydrogens (tertiary/aromatic N) is 1. The summed E-state index contributed by atoms with van der Waals surface area (Å²) < 4.78 is 0. The Morgan fingerprint density at radius 3 is 2.32 bits per heavy atom. The molecule has 0 bridgehead atoms. The first-order chi connectivity index (χ1) is 9.02. The van der Waals surface area contributed by atoms with E-state index in [0.717, 1.165) is 18.1 Å². The third-order valence-corrected chi connectivity index (χ3v) is 5.28. The van der Waals surface area contributed by atoms with E-state index in [1.807, 2.05) is 25.6 Å². The van der Waals surface area contributed by atoms with Gasteiger partial charge in [0.2, 0.25) is 11.8 Å². The highest BCUT2D eigenvalue weighted by molar-refractivity contribution is 7.99. The SMILES string of the molecule is CSC1CCC(NC2CC(=O)N(C(C)C)C2=O)CC1. The number of likely N-dealkylation sites (tertiary alicyclic amines) is 1. The highest BCUT2D eigenvalue weighted by Crippen LogP contribution is 2.28. The molecule has 2 amide bonds. The summed E-state index contributed by atoms with van der Waals surface area (Å²) >= 11 is 1.94. The van der Waals surface area contributed by atoms with Gasteiger partial charge in [0.25, 0.3) is 0 Å². The molecule has 1 aliphatic heterocycles. The molecule has 4 nitrogen and oxygen atoms in total. The maximum atomic E-state index is 12.2. The number of imide groups is 1. The highest BCUT2D eigenvalue weighted by atomic mass is 32.2. The fourth-order valence-corrected chi connectivity index (χ4v) is 3.82. The van der Waals surface area contributed by atoms with Gasteiger partial charge in [-0.2, -0.15) is 11.8 Å². The van der Waals surface area contributed by atoms with Crippen molar-refractivity contribution in [1.29, 1.82) is 0 Å². The zero-order chi connectivity index (χ0) is 14.0. The third kappa shape index (κ3) is 3.31. The predicted molar refractivity (Wildman–Crippen MR) is 78.1 cm³/mol. The molecular weight excluding hydrogens is 260 g/mol. The van der Waals surface area contributed by atoms with Gasteiger partial charge in [-0.1, -0.05) is 0 Å². The Bertz CT molecular complexity index is 351. The number of rotatable bonds is 4. The summed E-state index contributed by atoms with van der Waals surface area (Å²) in [5.41, 5.74) is 0. The Balaban J connectivity index is 1.87. The predicted octanol–water partition coefficient (Wildman–Crippen LogP) is 1.79. The Hall–Kier alpha value is -0.550. The van der Waals surface area contributed by atoms with Crippen LogP contribution in [0.4, 0.5) is 0 Å². The van der Waals surface area contributed by atoms with E-state index in [9.17, 15) is 9.59 Å². The first kappa shape index (κ1) is 14.9. The molecule has 1 N–H and O–H groups in total. The van der Waals surface area contributed by atoms with E-state index in [0.29, 0.717) is 12.5 Å². The second-order valence-corrected chi connectivity index (χ2v) is 6.97. The Morgan fingerprint density at radius 2 is 1.84 bits per heavy atom. The van der Waals surface area contributed by atoms with Crippen molar-refractivity contribution < 1.29 is 9.59 Å². The molecule has 0 radical (unpaired) electrons. The number of amides is 2. The van der Waals surface area contributed by atoms with Gasteiger partial charge in [0.05, 0.1) is 12.5 Å². The summed E-state index contributed by atoms with van der Waals surface area (Å²) in [6.45, 7) is 3.78. The molecule has 1 saturated heterocycles. The second kappa shape index (κ2) is 6.27. The molecule has 1 saturated carbocycles. The summed E-state index contributed by atoms with van der Waals surface area (Å²) in [5.74, 6) is -0.0673. The van der Waals surface area contributed by atoms with Crippen molar-refractivity contribution in [2.24, 2.45) is 0 Å². The zero-order valence-corrected chi connectivity index (χ0v) is 12.8. The topological polar surface area (TPSA) is 49.4 Å². The van der Waals surface area contributed by atoms with Crippen molar-refractivity contribution >= 4 is 23.6 Å². The van der Waals surface area contributed by atoms with Crippen LogP contribution in [0.2, 0.25) is 0 Å². The van der Waals surface area contributed by atoms with Crippen LogP contribution in [0.3, 0.4) is 0 Å². The number of carbonyl (C=O) groups excluding carboxylic acids is 2. The molecule has 2 rings (SSSR count). The van der Waals surface area contributed by atoms with Crippen LogP contribution in [0.5, 0.6) is 0 Å². The standard InChI is InChI=1S/C14H24N2O2S/c1-9(2)16-13(17)8-12(14(16)18)15-10-4-6-11(19-3)7-5-10/h9-12,15H,4-8H2,1-3H3. The summed E-state index contributed by atoms with van der Waals surface area (Å²) in [7, 11) is 0. The van der Waals surface area contributed by atoms with Gasteiger partial charge in [0.15, 0.2) is 0 Å². The summed E-state index contributed by atoms with van der Waals surface area (Å²) in [4.78, 5) is 25.4. The molecule has 1 atom stereocenters. The van der Waals surface area contributed by atoms with Gasteiger partial charge < -0.3 is 5.32 Å². The largest absolute Gasteiger partial charge is 0.303 e. The molecule has 0 aromatic heterocycles. The molecule has 2 aliphatic rings. The Labute approximate surface area is 119 Å². The lowest BCUT2D eigenvalue weighted by Crippen LogP contribution is -2.46. The van der Waals surface area contributed by atoms with Gasteiger partial charge in [0.1, 0.15) is 0 Å². The minimum absolute atomic E-state index is 0.0287. The molecule has 19 heavy (non-hydrogen) atoms. The van der Waals surface area contributed by atoms with Gasteiger partial charge in [-0.3, -0.25) is 14.5 Å². The lowest BCUT2D eigenvalue weighted by atomic mass is 9.94. The van der Waals surface area contributed by atoms with Crippen LogP contribution < -0.4 is 5.32 Å².